The largest absolute Gasteiger partial charge is 0.398 e. The lowest BCUT2D eigenvalue weighted by Crippen LogP contribution is -2.15. The number of carbonyl (C=O) groups is 1. The topological polar surface area (TPSA) is 68.0 Å². The number of aromatic nitrogens is 1. The molecule has 1 heterocycles. The Bertz CT molecular complexity index is 646. The van der Waals surface area contributed by atoms with Crippen molar-refractivity contribution in [1.82, 2.24) is 4.98 Å². The number of rotatable bonds is 2. The van der Waals surface area contributed by atoms with E-state index >= 15 is 0 Å². The second kappa shape index (κ2) is 5.59. The molecule has 19 heavy (non-hydrogen) atoms. The molecule has 4 nitrogen and oxygen atoms in total. The molecule has 1 aromatic heterocycles. The SMILES string of the molecule is Cc1nc(Br)ccc1NC(=O)c1cc(Cl)ccc1N. The Balaban J connectivity index is 2.28. The van der Waals surface area contributed by atoms with Crippen LogP contribution in [0.1, 0.15) is 16.1 Å². The van der Waals surface area contributed by atoms with Crippen molar-refractivity contribution in [3.8, 4) is 0 Å². The summed E-state index contributed by atoms with van der Waals surface area (Å²) in [4.78, 5) is 16.3. The highest BCUT2D eigenvalue weighted by Gasteiger charge is 2.12. The van der Waals surface area contributed by atoms with Crippen molar-refractivity contribution in [1.29, 1.82) is 0 Å². The van der Waals surface area contributed by atoms with Crippen molar-refractivity contribution < 1.29 is 4.79 Å². The number of anilines is 2. The van der Waals surface area contributed by atoms with Gasteiger partial charge in [0, 0.05) is 10.7 Å². The van der Waals surface area contributed by atoms with Crippen molar-refractivity contribution in [3.63, 3.8) is 0 Å². The molecule has 0 bridgehead atoms. The molecule has 0 aliphatic heterocycles. The number of nitrogens with one attached hydrogen (secondary N) is 1. The normalized spacial score (nSPS) is 10.3. The lowest BCUT2D eigenvalue weighted by molar-refractivity contribution is 0.102. The van der Waals surface area contributed by atoms with E-state index in [1.165, 1.54) is 6.07 Å². The van der Waals surface area contributed by atoms with Crippen LogP contribution < -0.4 is 11.1 Å². The van der Waals surface area contributed by atoms with Crippen molar-refractivity contribution in [2.75, 3.05) is 11.1 Å². The fraction of sp³-hybridized carbons (Fsp3) is 0.0769. The van der Waals surface area contributed by atoms with Crippen LogP contribution in [0.5, 0.6) is 0 Å². The molecule has 0 saturated heterocycles. The monoisotopic (exact) mass is 339 g/mol. The van der Waals surface area contributed by atoms with Gasteiger partial charge in [-0.15, -0.1) is 0 Å². The molecule has 0 atom stereocenters. The predicted octanol–water partition coefficient (Wildman–Crippen LogP) is 3.64. The Hall–Kier alpha value is -1.59. The summed E-state index contributed by atoms with van der Waals surface area (Å²) in [6.45, 7) is 1.81. The van der Waals surface area contributed by atoms with E-state index in [4.69, 9.17) is 17.3 Å². The Morgan fingerprint density at radius 1 is 1.37 bits per heavy atom. The smallest absolute Gasteiger partial charge is 0.257 e. The zero-order valence-corrected chi connectivity index (χ0v) is 12.4. The summed E-state index contributed by atoms with van der Waals surface area (Å²) in [7, 11) is 0. The number of pyridine rings is 1. The van der Waals surface area contributed by atoms with Gasteiger partial charge < -0.3 is 11.1 Å². The number of carbonyl (C=O) groups excluding carboxylic acids is 1. The van der Waals surface area contributed by atoms with Gasteiger partial charge in [0.05, 0.1) is 16.9 Å². The number of hydrogen-bond donors (Lipinski definition) is 2. The maximum Gasteiger partial charge on any atom is 0.257 e. The van der Waals surface area contributed by atoms with Gasteiger partial charge in [0.15, 0.2) is 0 Å². The fourth-order valence-corrected chi connectivity index (χ4v) is 2.15. The second-order valence-electron chi connectivity index (χ2n) is 3.95. The first-order valence-electron chi connectivity index (χ1n) is 5.47. The van der Waals surface area contributed by atoms with E-state index in [-0.39, 0.29) is 5.91 Å². The highest BCUT2D eigenvalue weighted by Crippen LogP contribution is 2.21. The molecule has 2 aromatic rings. The average Bonchev–Trinajstić information content (AvgIpc) is 2.35. The number of aryl methyl sites for hydroxylation is 1. The molecule has 0 saturated carbocycles. The lowest BCUT2D eigenvalue weighted by Gasteiger charge is -2.10. The number of halogens is 2. The van der Waals surface area contributed by atoms with E-state index in [9.17, 15) is 4.79 Å². The maximum atomic E-state index is 12.1. The average molecular weight is 341 g/mol. The molecule has 3 N–H and O–H groups in total. The predicted molar refractivity (Wildman–Crippen MR) is 80.5 cm³/mol. The van der Waals surface area contributed by atoms with E-state index in [2.05, 4.69) is 26.2 Å². The number of nitrogens with zero attached hydrogens (tertiary/aromatic N) is 1. The lowest BCUT2D eigenvalue weighted by atomic mass is 10.1. The van der Waals surface area contributed by atoms with Crippen molar-refractivity contribution in [3.05, 3.63) is 51.2 Å². The molecule has 0 aliphatic rings. The highest BCUT2D eigenvalue weighted by molar-refractivity contribution is 9.10. The third kappa shape index (κ3) is 3.24. The molecule has 0 aliphatic carbocycles. The van der Waals surface area contributed by atoms with Gasteiger partial charge in [0.2, 0.25) is 0 Å². The second-order valence-corrected chi connectivity index (χ2v) is 5.20. The maximum absolute atomic E-state index is 12.1. The first-order chi connectivity index (χ1) is 8.97. The van der Waals surface area contributed by atoms with Gasteiger partial charge >= 0.3 is 0 Å². The Kier molecular flexibility index (Phi) is 4.07. The zero-order chi connectivity index (χ0) is 14.0. The molecular formula is C13H11BrClN3O. The van der Waals surface area contributed by atoms with Crippen molar-refractivity contribution in [2.24, 2.45) is 0 Å². The van der Waals surface area contributed by atoms with E-state index in [0.29, 0.717) is 32.3 Å². The van der Waals surface area contributed by atoms with E-state index in [1.54, 1.807) is 24.3 Å². The summed E-state index contributed by atoms with van der Waals surface area (Å²) in [6, 6.07) is 8.30. The quantitative estimate of drug-likeness (QED) is 0.648. The van der Waals surface area contributed by atoms with Crippen LogP contribution in [0.25, 0.3) is 0 Å². The van der Waals surface area contributed by atoms with Crippen molar-refractivity contribution >= 4 is 44.8 Å². The van der Waals surface area contributed by atoms with Crippen LogP contribution in [-0.4, -0.2) is 10.9 Å². The number of nitrogens with two attached hydrogens (primary N) is 1. The van der Waals surface area contributed by atoms with Crippen LogP contribution in [0.4, 0.5) is 11.4 Å². The first kappa shape index (κ1) is 13.8. The fourth-order valence-electron chi connectivity index (χ4n) is 1.58. The Morgan fingerprint density at radius 2 is 2.11 bits per heavy atom. The molecule has 98 valence electrons. The minimum absolute atomic E-state index is 0.313. The molecule has 0 fully saturated rings. The van der Waals surface area contributed by atoms with Crippen LogP contribution in [-0.2, 0) is 0 Å². The molecule has 0 radical (unpaired) electrons. The summed E-state index contributed by atoms with van der Waals surface area (Å²) < 4.78 is 0.713. The summed E-state index contributed by atoms with van der Waals surface area (Å²) in [5.74, 6) is -0.313. The van der Waals surface area contributed by atoms with Crippen LogP contribution in [0.2, 0.25) is 5.02 Å². The minimum Gasteiger partial charge on any atom is -0.398 e. The molecule has 1 aromatic carbocycles. The van der Waals surface area contributed by atoms with Gasteiger partial charge in [-0.25, -0.2) is 4.98 Å². The molecule has 1 amide bonds. The standard InChI is InChI=1S/C13H11BrClN3O/c1-7-11(4-5-12(14)17-7)18-13(19)9-6-8(15)2-3-10(9)16/h2-6H,16H2,1H3,(H,18,19). The van der Waals surface area contributed by atoms with Gasteiger partial charge in [-0.05, 0) is 53.2 Å². The summed E-state index contributed by atoms with van der Waals surface area (Å²) in [5.41, 5.74) is 7.83. The first-order valence-corrected chi connectivity index (χ1v) is 6.64. The van der Waals surface area contributed by atoms with Gasteiger partial charge in [0.1, 0.15) is 4.60 Å². The van der Waals surface area contributed by atoms with E-state index < -0.39 is 0 Å². The van der Waals surface area contributed by atoms with Gasteiger partial charge in [-0.3, -0.25) is 4.79 Å². The molecule has 2 rings (SSSR count). The minimum atomic E-state index is -0.313. The van der Waals surface area contributed by atoms with Crippen LogP contribution in [0.3, 0.4) is 0 Å². The molecule has 0 unspecified atom stereocenters. The van der Waals surface area contributed by atoms with Gasteiger partial charge in [0.25, 0.3) is 5.91 Å². The van der Waals surface area contributed by atoms with E-state index in [1.807, 2.05) is 6.92 Å². The number of nitrogen functional groups attached to an aromatic ring is 1. The third-order valence-corrected chi connectivity index (χ3v) is 3.24. The molecule has 6 heteroatoms. The zero-order valence-electron chi connectivity index (χ0n) is 10.1. The van der Waals surface area contributed by atoms with Gasteiger partial charge in [-0.2, -0.15) is 0 Å². The van der Waals surface area contributed by atoms with E-state index in [0.717, 1.165) is 0 Å². The Morgan fingerprint density at radius 3 is 2.79 bits per heavy atom. The van der Waals surface area contributed by atoms with Crippen LogP contribution >= 0.6 is 27.5 Å². The number of hydrogen-bond acceptors (Lipinski definition) is 3. The van der Waals surface area contributed by atoms with Crippen LogP contribution in [0.15, 0.2) is 34.9 Å². The number of amides is 1. The summed E-state index contributed by atoms with van der Waals surface area (Å²) in [6.07, 6.45) is 0. The number of benzene rings is 1. The molecular weight excluding hydrogens is 330 g/mol. The molecule has 0 spiro atoms. The third-order valence-electron chi connectivity index (χ3n) is 2.56. The summed E-state index contributed by atoms with van der Waals surface area (Å²) >= 11 is 9.13. The highest BCUT2D eigenvalue weighted by atomic mass is 79.9. The van der Waals surface area contributed by atoms with Crippen LogP contribution in [0, 0.1) is 6.92 Å². The van der Waals surface area contributed by atoms with Gasteiger partial charge in [-0.1, -0.05) is 11.6 Å². The van der Waals surface area contributed by atoms with Crippen molar-refractivity contribution in [2.45, 2.75) is 6.92 Å². The summed E-state index contributed by atoms with van der Waals surface area (Å²) in [5, 5.41) is 3.22. The Labute approximate surface area is 124 Å².